The van der Waals surface area contributed by atoms with Crippen LogP contribution in [0.4, 0.5) is 5.69 Å². The van der Waals surface area contributed by atoms with E-state index in [1.807, 2.05) is 12.1 Å². The molecule has 1 atom stereocenters. The fourth-order valence-corrected chi connectivity index (χ4v) is 2.25. The number of rotatable bonds is 4. The normalized spacial score (nSPS) is 13.5. The molecule has 2 aromatic carbocycles. The zero-order valence-corrected chi connectivity index (χ0v) is 13.4. The summed E-state index contributed by atoms with van der Waals surface area (Å²) in [4.78, 5) is 12.2. The lowest BCUT2D eigenvalue weighted by molar-refractivity contribution is -0.122. The molecule has 0 radical (unpaired) electrons. The third-order valence-corrected chi connectivity index (χ3v) is 3.66. The summed E-state index contributed by atoms with van der Waals surface area (Å²) in [6, 6.07) is 12.6. The van der Waals surface area contributed by atoms with Crippen LogP contribution in [0.5, 0.6) is 17.2 Å². The average Bonchev–Trinajstić information content (AvgIpc) is 2.97. The molecule has 22 heavy (non-hydrogen) atoms. The minimum Gasteiger partial charge on any atom is -0.481 e. The highest BCUT2D eigenvalue weighted by atomic mass is 79.9. The van der Waals surface area contributed by atoms with E-state index in [0.29, 0.717) is 22.9 Å². The number of carbonyl (C=O) groups is 1. The van der Waals surface area contributed by atoms with E-state index in [-0.39, 0.29) is 12.7 Å². The Labute approximate surface area is 136 Å². The number of nitrogens with one attached hydrogen (secondary N) is 1. The maximum atomic E-state index is 12.2. The summed E-state index contributed by atoms with van der Waals surface area (Å²) in [5.74, 6) is 1.70. The maximum Gasteiger partial charge on any atom is 0.265 e. The molecule has 6 heteroatoms. The van der Waals surface area contributed by atoms with Crippen molar-refractivity contribution in [3.63, 3.8) is 0 Å². The third-order valence-electron chi connectivity index (χ3n) is 3.14. The lowest BCUT2D eigenvalue weighted by Crippen LogP contribution is -2.30. The molecule has 2 aromatic rings. The van der Waals surface area contributed by atoms with Crippen molar-refractivity contribution >= 4 is 27.5 Å². The Hall–Kier alpha value is -2.21. The molecule has 1 aliphatic rings. The van der Waals surface area contributed by atoms with Gasteiger partial charge in [-0.1, -0.05) is 15.9 Å². The minimum atomic E-state index is -0.619. The van der Waals surface area contributed by atoms with E-state index in [9.17, 15) is 4.79 Å². The molecule has 1 N–H and O–H groups in total. The summed E-state index contributed by atoms with van der Waals surface area (Å²) in [7, 11) is 0. The number of ether oxygens (including phenoxy) is 3. The van der Waals surface area contributed by atoms with E-state index in [1.165, 1.54) is 0 Å². The van der Waals surface area contributed by atoms with Gasteiger partial charge < -0.3 is 19.5 Å². The number of amides is 1. The molecule has 3 rings (SSSR count). The van der Waals surface area contributed by atoms with E-state index in [1.54, 1.807) is 37.3 Å². The SMILES string of the molecule is C[C@H](Oc1ccc(Br)cc1)C(=O)Nc1ccc2c(c1)OCO2. The Morgan fingerprint density at radius 3 is 2.68 bits per heavy atom. The van der Waals surface area contributed by atoms with Crippen LogP contribution in [0, 0.1) is 0 Å². The van der Waals surface area contributed by atoms with E-state index >= 15 is 0 Å². The van der Waals surface area contributed by atoms with Gasteiger partial charge >= 0.3 is 0 Å². The van der Waals surface area contributed by atoms with Crippen LogP contribution in [-0.4, -0.2) is 18.8 Å². The first-order chi connectivity index (χ1) is 10.6. The number of fused-ring (bicyclic) bond motifs is 1. The zero-order valence-electron chi connectivity index (χ0n) is 11.8. The number of hydrogen-bond donors (Lipinski definition) is 1. The molecule has 0 fully saturated rings. The van der Waals surface area contributed by atoms with Gasteiger partial charge in [-0.25, -0.2) is 0 Å². The number of benzene rings is 2. The Bertz CT molecular complexity index is 687. The fourth-order valence-electron chi connectivity index (χ4n) is 1.99. The predicted octanol–water partition coefficient (Wildman–Crippen LogP) is 3.58. The first kappa shape index (κ1) is 14.7. The molecule has 0 saturated carbocycles. The molecule has 0 bridgehead atoms. The first-order valence-corrected chi connectivity index (χ1v) is 7.54. The van der Waals surface area contributed by atoms with Crippen LogP contribution in [-0.2, 0) is 4.79 Å². The Kier molecular flexibility index (Phi) is 4.20. The average molecular weight is 364 g/mol. The van der Waals surface area contributed by atoms with Crippen LogP contribution in [0.25, 0.3) is 0 Å². The topological polar surface area (TPSA) is 56.8 Å². The van der Waals surface area contributed by atoms with Crippen LogP contribution in [0.15, 0.2) is 46.9 Å². The standard InChI is InChI=1S/C16H14BrNO4/c1-10(22-13-5-2-11(17)3-6-13)16(19)18-12-4-7-14-15(8-12)21-9-20-14/h2-8,10H,9H2,1H3,(H,18,19)/t10-/m0/s1. The van der Waals surface area contributed by atoms with Gasteiger partial charge in [0, 0.05) is 16.2 Å². The van der Waals surface area contributed by atoms with Crippen LogP contribution in [0.1, 0.15) is 6.92 Å². The third kappa shape index (κ3) is 3.33. The van der Waals surface area contributed by atoms with Gasteiger partial charge in [0.05, 0.1) is 0 Å². The molecule has 1 aliphatic heterocycles. The van der Waals surface area contributed by atoms with Crippen molar-refractivity contribution in [3.05, 3.63) is 46.9 Å². The molecular formula is C16H14BrNO4. The van der Waals surface area contributed by atoms with Crippen molar-refractivity contribution in [1.29, 1.82) is 0 Å². The van der Waals surface area contributed by atoms with Crippen molar-refractivity contribution in [2.45, 2.75) is 13.0 Å². The quantitative estimate of drug-likeness (QED) is 0.901. The van der Waals surface area contributed by atoms with Gasteiger partial charge in [0.15, 0.2) is 17.6 Å². The van der Waals surface area contributed by atoms with Gasteiger partial charge in [-0.2, -0.15) is 0 Å². The molecule has 0 aliphatic carbocycles. The largest absolute Gasteiger partial charge is 0.481 e. The van der Waals surface area contributed by atoms with Crippen LogP contribution in [0.3, 0.4) is 0 Å². The van der Waals surface area contributed by atoms with E-state index in [2.05, 4.69) is 21.2 Å². The highest BCUT2D eigenvalue weighted by Crippen LogP contribution is 2.34. The molecule has 1 amide bonds. The Morgan fingerprint density at radius 1 is 1.18 bits per heavy atom. The summed E-state index contributed by atoms with van der Waals surface area (Å²) in [5, 5.41) is 2.79. The first-order valence-electron chi connectivity index (χ1n) is 6.74. The van der Waals surface area contributed by atoms with Crippen LogP contribution in [0.2, 0.25) is 0 Å². The number of anilines is 1. The molecule has 0 spiro atoms. The summed E-state index contributed by atoms with van der Waals surface area (Å²) >= 11 is 3.35. The second kappa shape index (κ2) is 6.27. The maximum absolute atomic E-state index is 12.2. The summed E-state index contributed by atoms with van der Waals surface area (Å²) < 4.78 is 17.1. The van der Waals surface area contributed by atoms with E-state index < -0.39 is 6.10 Å². The van der Waals surface area contributed by atoms with Gasteiger partial charge in [0.25, 0.3) is 5.91 Å². The lowest BCUT2D eigenvalue weighted by Gasteiger charge is -2.15. The Balaban J connectivity index is 1.62. The molecule has 1 heterocycles. The summed E-state index contributed by atoms with van der Waals surface area (Å²) in [5.41, 5.74) is 0.639. The second-order valence-corrected chi connectivity index (χ2v) is 5.69. The molecule has 0 aromatic heterocycles. The van der Waals surface area contributed by atoms with Gasteiger partial charge in [-0.05, 0) is 43.3 Å². The van der Waals surface area contributed by atoms with Crippen LogP contribution >= 0.6 is 15.9 Å². The number of halogens is 1. The number of carbonyl (C=O) groups excluding carboxylic acids is 1. The van der Waals surface area contributed by atoms with Gasteiger partial charge in [0.2, 0.25) is 6.79 Å². The monoisotopic (exact) mass is 363 g/mol. The van der Waals surface area contributed by atoms with E-state index in [0.717, 1.165) is 4.47 Å². The molecule has 0 saturated heterocycles. The highest BCUT2D eigenvalue weighted by molar-refractivity contribution is 9.10. The van der Waals surface area contributed by atoms with Gasteiger partial charge in [0.1, 0.15) is 5.75 Å². The molecule has 0 unspecified atom stereocenters. The fraction of sp³-hybridized carbons (Fsp3) is 0.188. The minimum absolute atomic E-state index is 0.204. The van der Waals surface area contributed by atoms with Gasteiger partial charge in [-0.3, -0.25) is 4.79 Å². The smallest absolute Gasteiger partial charge is 0.265 e. The van der Waals surface area contributed by atoms with Gasteiger partial charge in [-0.15, -0.1) is 0 Å². The van der Waals surface area contributed by atoms with Crippen molar-refractivity contribution < 1.29 is 19.0 Å². The number of hydrogen-bond acceptors (Lipinski definition) is 4. The van der Waals surface area contributed by atoms with Crippen molar-refractivity contribution in [2.75, 3.05) is 12.1 Å². The Morgan fingerprint density at radius 2 is 1.91 bits per heavy atom. The molecule has 5 nitrogen and oxygen atoms in total. The molecule has 114 valence electrons. The van der Waals surface area contributed by atoms with E-state index in [4.69, 9.17) is 14.2 Å². The predicted molar refractivity (Wildman–Crippen MR) is 85.4 cm³/mol. The highest BCUT2D eigenvalue weighted by Gasteiger charge is 2.17. The van der Waals surface area contributed by atoms with Crippen molar-refractivity contribution in [2.24, 2.45) is 0 Å². The zero-order chi connectivity index (χ0) is 15.5. The lowest BCUT2D eigenvalue weighted by atomic mass is 10.2. The molecular weight excluding hydrogens is 350 g/mol. The van der Waals surface area contributed by atoms with Crippen molar-refractivity contribution in [1.82, 2.24) is 0 Å². The van der Waals surface area contributed by atoms with Crippen LogP contribution < -0.4 is 19.5 Å². The summed E-state index contributed by atoms with van der Waals surface area (Å²) in [6.45, 7) is 1.90. The summed E-state index contributed by atoms with van der Waals surface area (Å²) in [6.07, 6.45) is -0.619. The van der Waals surface area contributed by atoms with Crippen molar-refractivity contribution in [3.8, 4) is 17.2 Å². The second-order valence-electron chi connectivity index (χ2n) is 4.77.